The molecule has 0 amide bonds. The van der Waals surface area contributed by atoms with Crippen molar-refractivity contribution in [1.29, 1.82) is 0 Å². The topological polar surface area (TPSA) is 25.8 Å². The van der Waals surface area contributed by atoms with Crippen LogP contribution >= 0.6 is 0 Å². The molecule has 0 bridgehead atoms. The van der Waals surface area contributed by atoms with Crippen LogP contribution in [0, 0.1) is 24.6 Å². The Balaban J connectivity index is 0.000000405. The third kappa shape index (κ3) is 9.33. The van der Waals surface area contributed by atoms with Crippen molar-refractivity contribution in [2.45, 2.75) is 60.8 Å². The lowest BCUT2D eigenvalue weighted by Gasteiger charge is -2.07. The number of aromatic nitrogens is 2. The smallest absolute Gasteiger partial charge is 0.213 e. The Morgan fingerprint density at radius 3 is 2.21 bits per heavy atom. The fourth-order valence-electron chi connectivity index (χ4n) is 2.08. The van der Waals surface area contributed by atoms with E-state index in [-0.39, 0.29) is 11.8 Å². The van der Waals surface area contributed by atoms with Gasteiger partial charge in [-0.15, -0.1) is 0 Å². The summed E-state index contributed by atoms with van der Waals surface area (Å²) < 4.78 is 25.0. The summed E-state index contributed by atoms with van der Waals surface area (Å²) in [5.74, 6) is -0.0399. The van der Waals surface area contributed by atoms with Crippen molar-refractivity contribution in [1.82, 2.24) is 9.97 Å². The molecule has 0 saturated carbocycles. The van der Waals surface area contributed by atoms with Crippen molar-refractivity contribution < 1.29 is 8.78 Å². The lowest BCUT2D eigenvalue weighted by Crippen LogP contribution is -1.98. The molecule has 2 heterocycles. The van der Waals surface area contributed by atoms with Gasteiger partial charge in [-0.1, -0.05) is 41.0 Å². The number of aryl methyl sites for hydroxylation is 2. The molecule has 0 aliphatic heterocycles. The third-order valence-electron chi connectivity index (χ3n) is 3.11. The third-order valence-corrected chi connectivity index (χ3v) is 3.11. The summed E-state index contributed by atoms with van der Waals surface area (Å²) in [7, 11) is 0. The van der Waals surface area contributed by atoms with Crippen LogP contribution in [0.1, 0.15) is 57.7 Å². The first-order valence-corrected chi connectivity index (χ1v) is 8.62. The van der Waals surface area contributed by atoms with Crippen molar-refractivity contribution in [3.63, 3.8) is 0 Å². The van der Waals surface area contributed by atoms with Crippen molar-refractivity contribution >= 4 is 0 Å². The first-order valence-electron chi connectivity index (χ1n) is 8.62. The maximum atomic E-state index is 12.6. The zero-order chi connectivity index (χ0) is 18.5. The van der Waals surface area contributed by atoms with E-state index in [0.29, 0.717) is 5.92 Å². The minimum Gasteiger partial charge on any atom is -0.261 e. The van der Waals surface area contributed by atoms with Gasteiger partial charge in [0.2, 0.25) is 5.95 Å². The normalized spacial score (nSPS) is 9.71. The quantitative estimate of drug-likeness (QED) is 0.647. The van der Waals surface area contributed by atoms with Gasteiger partial charge in [0.1, 0.15) is 5.82 Å². The molecule has 2 rings (SSSR count). The molecule has 0 radical (unpaired) electrons. The van der Waals surface area contributed by atoms with Gasteiger partial charge in [0.25, 0.3) is 0 Å². The highest BCUT2D eigenvalue weighted by Gasteiger charge is 2.02. The van der Waals surface area contributed by atoms with E-state index in [4.69, 9.17) is 0 Å². The molecule has 0 spiro atoms. The Morgan fingerprint density at radius 1 is 1.04 bits per heavy atom. The van der Waals surface area contributed by atoms with Crippen molar-refractivity contribution in [3.05, 3.63) is 59.2 Å². The Labute approximate surface area is 145 Å². The predicted molar refractivity (Wildman–Crippen MR) is 97.0 cm³/mol. The molecular weight excluding hydrogens is 306 g/mol. The van der Waals surface area contributed by atoms with E-state index >= 15 is 0 Å². The van der Waals surface area contributed by atoms with E-state index in [1.54, 1.807) is 12.4 Å². The molecular formula is C20H30F2N2. The summed E-state index contributed by atoms with van der Waals surface area (Å²) in [6.45, 7) is 12.3. The molecule has 2 aromatic heterocycles. The summed E-state index contributed by atoms with van der Waals surface area (Å²) in [5, 5.41) is 0. The second kappa shape index (κ2) is 12.6. The zero-order valence-corrected chi connectivity index (χ0v) is 15.7. The first-order chi connectivity index (χ1) is 11.4. The summed E-state index contributed by atoms with van der Waals surface area (Å²) in [5.41, 5.74) is 3.12. The van der Waals surface area contributed by atoms with Gasteiger partial charge in [-0.05, 0) is 54.5 Å². The van der Waals surface area contributed by atoms with E-state index in [9.17, 15) is 8.78 Å². The average Bonchev–Trinajstić information content (AvgIpc) is 2.53. The second-order valence-corrected chi connectivity index (χ2v) is 5.79. The van der Waals surface area contributed by atoms with Gasteiger partial charge in [0.15, 0.2) is 0 Å². The molecule has 0 fully saturated rings. The van der Waals surface area contributed by atoms with Crippen LogP contribution in [-0.2, 0) is 12.8 Å². The largest absolute Gasteiger partial charge is 0.261 e. The summed E-state index contributed by atoms with van der Waals surface area (Å²) >= 11 is 0. The average molecular weight is 336 g/mol. The molecule has 0 unspecified atom stereocenters. The van der Waals surface area contributed by atoms with Crippen molar-refractivity contribution in [2.75, 3.05) is 0 Å². The molecule has 0 aromatic carbocycles. The maximum Gasteiger partial charge on any atom is 0.213 e. The highest BCUT2D eigenvalue weighted by Crippen LogP contribution is 2.12. The molecule has 4 heteroatoms. The number of rotatable bonds is 4. The molecule has 134 valence electrons. The molecule has 0 N–H and O–H groups in total. The number of nitrogens with zero attached hydrogens (tertiary/aromatic N) is 2. The minimum atomic E-state index is -0.389. The van der Waals surface area contributed by atoms with Crippen LogP contribution in [0.4, 0.5) is 8.78 Å². The first kappa shape index (κ1) is 22.2. The lowest BCUT2D eigenvalue weighted by molar-refractivity contribution is 0.575. The zero-order valence-electron chi connectivity index (χ0n) is 15.7. The molecule has 24 heavy (non-hydrogen) atoms. The van der Waals surface area contributed by atoms with Crippen LogP contribution in [0.3, 0.4) is 0 Å². The van der Waals surface area contributed by atoms with Crippen molar-refractivity contribution in [3.8, 4) is 0 Å². The lowest BCUT2D eigenvalue weighted by atomic mass is 10.0. The Kier molecular flexibility index (Phi) is 11.6. The fourth-order valence-corrected chi connectivity index (χ4v) is 2.08. The van der Waals surface area contributed by atoms with Crippen LogP contribution in [0.25, 0.3) is 0 Å². The van der Waals surface area contributed by atoms with E-state index in [1.165, 1.54) is 18.3 Å². The van der Waals surface area contributed by atoms with Crippen molar-refractivity contribution in [2.24, 2.45) is 5.92 Å². The van der Waals surface area contributed by atoms with Gasteiger partial charge < -0.3 is 0 Å². The predicted octanol–water partition coefficient (Wildman–Crippen LogP) is 5.93. The molecule has 0 aliphatic carbocycles. The molecule has 0 saturated heterocycles. The van der Waals surface area contributed by atoms with Gasteiger partial charge in [0, 0.05) is 12.4 Å². The van der Waals surface area contributed by atoms with E-state index in [1.807, 2.05) is 20.8 Å². The van der Waals surface area contributed by atoms with Gasteiger partial charge in [-0.2, -0.15) is 4.39 Å². The fraction of sp³-hybridized carbons (Fsp3) is 0.500. The summed E-state index contributed by atoms with van der Waals surface area (Å²) in [6, 6.07) is 3.01. The molecule has 2 aromatic rings. The van der Waals surface area contributed by atoms with Crippen LogP contribution in [0.5, 0.6) is 0 Å². The van der Waals surface area contributed by atoms with Crippen LogP contribution in [0.15, 0.2) is 30.7 Å². The van der Waals surface area contributed by atoms with Gasteiger partial charge in [-0.3, -0.25) is 4.98 Å². The number of hydrogen-bond acceptors (Lipinski definition) is 2. The van der Waals surface area contributed by atoms with Gasteiger partial charge >= 0.3 is 0 Å². The minimum absolute atomic E-state index is 0.244. The van der Waals surface area contributed by atoms with Crippen LogP contribution in [-0.4, -0.2) is 9.97 Å². The highest BCUT2D eigenvalue weighted by molar-refractivity contribution is 5.22. The van der Waals surface area contributed by atoms with Crippen LogP contribution < -0.4 is 0 Å². The Hall–Kier alpha value is -1.84. The Bertz CT molecular complexity index is 584. The standard InChI is InChI=1S/C10H14FN.C8H10FN.C2H6/c1-7(2)4-9-6-12-10(11)5-8(9)3;1-2-3-7-4-8(9)6-10-5-7;1-2/h5-7H,4H2,1-3H3;4-6H,2-3H2,1H3;1-2H3. The van der Waals surface area contributed by atoms with Crippen LogP contribution in [0.2, 0.25) is 0 Å². The SMILES string of the molecule is CC.CCCc1cncc(F)c1.Cc1cc(F)ncc1CC(C)C. The summed E-state index contributed by atoms with van der Waals surface area (Å²) in [6.07, 6.45) is 7.46. The van der Waals surface area contributed by atoms with E-state index in [0.717, 1.165) is 36.0 Å². The monoisotopic (exact) mass is 336 g/mol. The molecule has 0 aliphatic rings. The highest BCUT2D eigenvalue weighted by atomic mass is 19.1. The van der Waals surface area contributed by atoms with E-state index in [2.05, 4.69) is 30.7 Å². The number of halogens is 2. The maximum absolute atomic E-state index is 12.6. The number of pyridine rings is 2. The molecule has 2 nitrogen and oxygen atoms in total. The summed E-state index contributed by atoms with van der Waals surface area (Å²) in [4.78, 5) is 7.35. The van der Waals surface area contributed by atoms with E-state index < -0.39 is 0 Å². The Morgan fingerprint density at radius 2 is 1.71 bits per heavy atom. The number of hydrogen-bond donors (Lipinski definition) is 0. The molecule has 0 atom stereocenters. The second-order valence-electron chi connectivity index (χ2n) is 5.79. The van der Waals surface area contributed by atoms with Gasteiger partial charge in [0.05, 0.1) is 6.20 Å². The van der Waals surface area contributed by atoms with Gasteiger partial charge in [-0.25, -0.2) is 9.37 Å².